The average molecular weight is 464 g/mol. The van der Waals surface area contributed by atoms with Gasteiger partial charge in [-0.1, -0.05) is 36.7 Å². The predicted molar refractivity (Wildman–Crippen MR) is 138 cm³/mol. The van der Waals surface area contributed by atoms with Crippen LogP contribution in [0.15, 0.2) is 54.2 Å². The Morgan fingerprint density at radius 2 is 1.97 bits per heavy atom. The molecule has 0 spiro atoms. The predicted octanol–water partition coefficient (Wildman–Crippen LogP) is 5.80. The van der Waals surface area contributed by atoms with Crippen molar-refractivity contribution >= 4 is 28.6 Å². The van der Waals surface area contributed by atoms with Gasteiger partial charge in [0.1, 0.15) is 0 Å². The van der Waals surface area contributed by atoms with Crippen molar-refractivity contribution in [1.82, 2.24) is 20.9 Å². The van der Waals surface area contributed by atoms with Gasteiger partial charge in [0.05, 0.1) is 17.4 Å². The minimum absolute atomic E-state index is 0.217. The van der Waals surface area contributed by atoms with Gasteiger partial charge < -0.3 is 10.7 Å². The number of rotatable bonds is 5. The van der Waals surface area contributed by atoms with E-state index >= 15 is 0 Å². The summed E-state index contributed by atoms with van der Waals surface area (Å²) in [6.45, 7) is 9.84. The highest BCUT2D eigenvalue weighted by atomic mass is 35.5. The molecule has 6 heteroatoms. The number of anilines is 1. The smallest absolute Gasteiger partial charge is 0.0814 e. The summed E-state index contributed by atoms with van der Waals surface area (Å²) in [6.07, 6.45) is 5.74. The molecule has 0 aromatic heterocycles. The third kappa shape index (κ3) is 4.50. The number of allylic oxidation sites excluding steroid dienone is 1. The van der Waals surface area contributed by atoms with Crippen LogP contribution in [0.5, 0.6) is 0 Å². The van der Waals surface area contributed by atoms with Crippen LogP contribution in [0.3, 0.4) is 0 Å². The van der Waals surface area contributed by atoms with Gasteiger partial charge in [-0.05, 0) is 80.1 Å². The lowest BCUT2D eigenvalue weighted by Crippen LogP contribution is -2.37. The van der Waals surface area contributed by atoms with Crippen molar-refractivity contribution < 1.29 is 0 Å². The minimum Gasteiger partial charge on any atom is -0.378 e. The molecule has 33 heavy (non-hydrogen) atoms. The molecule has 3 aliphatic rings. The van der Waals surface area contributed by atoms with Gasteiger partial charge in [-0.25, -0.2) is 0 Å². The fraction of sp³-hybridized carbons (Fsp3) is 0.407. The second-order valence-electron chi connectivity index (χ2n) is 9.39. The van der Waals surface area contributed by atoms with Crippen LogP contribution in [0.25, 0.3) is 11.3 Å². The molecule has 5 rings (SSSR count). The molecule has 0 aliphatic carbocycles. The van der Waals surface area contributed by atoms with Crippen LogP contribution in [0.4, 0.5) is 5.69 Å². The zero-order valence-corrected chi connectivity index (χ0v) is 20.5. The Hall–Kier alpha value is -2.47. The summed E-state index contributed by atoms with van der Waals surface area (Å²) in [7, 11) is 0. The Bertz CT molecular complexity index is 1070. The molecule has 3 aliphatic heterocycles. The zero-order valence-electron chi connectivity index (χ0n) is 19.8. The van der Waals surface area contributed by atoms with E-state index in [4.69, 9.17) is 11.6 Å². The van der Waals surface area contributed by atoms with Crippen LogP contribution in [0, 0.1) is 0 Å². The maximum Gasteiger partial charge on any atom is 0.0814 e. The molecule has 5 nitrogen and oxygen atoms in total. The lowest BCUT2D eigenvalue weighted by atomic mass is 9.90. The number of halogens is 1. The first-order valence-electron chi connectivity index (χ1n) is 12.1. The molecule has 2 unspecified atom stereocenters. The molecule has 0 fully saturated rings. The van der Waals surface area contributed by atoms with E-state index in [0.717, 1.165) is 48.9 Å². The van der Waals surface area contributed by atoms with E-state index in [2.05, 4.69) is 83.4 Å². The van der Waals surface area contributed by atoms with Crippen LogP contribution >= 0.6 is 11.6 Å². The Balaban J connectivity index is 1.50. The first kappa shape index (κ1) is 22.3. The Morgan fingerprint density at radius 1 is 1.15 bits per heavy atom. The topological polar surface area (TPSA) is 42.6 Å². The van der Waals surface area contributed by atoms with Gasteiger partial charge in [-0.3, -0.25) is 9.91 Å². The van der Waals surface area contributed by atoms with E-state index in [-0.39, 0.29) is 6.04 Å². The van der Waals surface area contributed by atoms with Gasteiger partial charge in [0, 0.05) is 41.9 Å². The fourth-order valence-electron chi connectivity index (χ4n) is 5.17. The Kier molecular flexibility index (Phi) is 6.37. The standard InChI is InChI=1S/C27H34ClN5/c1-4-18(2)32-14-11-20(12-15-32)21-5-10-24-25(17-21)26(29-23-8-6-22(28)7-9-23)13-16-33-27(24)19(3)30-31-33/h5-11,17-18,26,29-31H,4,12-16H2,1-3H3. The van der Waals surface area contributed by atoms with Crippen molar-refractivity contribution in [2.24, 2.45) is 0 Å². The Labute approximate surface area is 202 Å². The third-order valence-corrected chi connectivity index (χ3v) is 7.59. The second kappa shape index (κ2) is 9.41. The first-order chi connectivity index (χ1) is 16.0. The largest absolute Gasteiger partial charge is 0.378 e. The van der Waals surface area contributed by atoms with Gasteiger partial charge in [0.25, 0.3) is 0 Å². The van der Waals surface area contributed by atoms with Crippen LogP contribution in [-0.2, 0) is 0 Å². The van der Waals surface area contributed by atoms with Crippen molar-refractivity contribution in [3.63, 3.8) is 0 Å². The maximum absolute atomic E-state index is 6.12. The number of benzene rings is 2. The highest BCUT2D eigenvalue weighted by Crippen LogP contribution is 2.39. The molecular weight excluding hydrogens is 430 g/mol. The first-order valence-corrected chi connectivity index (χ1v) is 12.5. The summed E-state index contributed by atoms with van der Waals surface area (Å²) in [4.78, 5) is 2.58. The second-order valence-corrected chi connectivity index (χ2v) is 9.82. The summed E-state index contributed by atoms with van der Waals surface area (Å²) in [5, 5.41) is 6.78. The molecule has 2 atom stereocenters. The minimum atomic E-state index is 0.217. The Morgan fingerprint density at radius 3 is 2.70 bits per heavy atom. The summed E-state index contributed by atoms with van der Waals surface area (Å²) in [5.74, 6) is 0. The molecule has 3 N–H and O–H groups in total. The zero-order chi connectivity index (χ0) is 22.9. The highest BCUT2D eigenvalue weighted by Gasteiger charge is 2.30. The molecule has 0 saturated carbocycles. The van der Waals surface area contributed by atoms with E-state index in [1.54, 1.807) is 0 Å². The number of nitrogens with one attached hydrogen (secondary N) is 3. The maximum atomic E-state index is 6.12. The van der Waals surface area contributed by atoms with Crippen molar-refractivity contribution in [3.8, 4) is 0 Å². The molecule has 2 aromatic carbocycles. The molecule has 0 bridgehead atoms. The molecule has 0 radical (unpaired) electrons. The number of hydrogen-bond acceptors (Lipinski definition) is 5. The van der Waals surface area contributed by atoms with Gasteiger partial charge in [-0.2, -0.15) is 0 Å². The lowest BCUT2D eigenvalue weighted by Gasteiger charge is -2.31. The number of fused-ring (bicyclic) bond motifs is 3. The SMILES string of the molecule is CCC(C)N1CC=C(c2ccc3c(c2)C(Nc2ccc(Cl)cc2)CCN2NNC(C)=C32)CC1. The van der Waals surface area contributed by atoms with Crippen LogP contribution in [-0.4, -0.2) is 35.6 Å². The highest BCUT2D eigenvalue weighted by molar-refractivity contribution is 6.30. The van der Waals surface area contributed by atoms with Crippen LogP contribution in [0.2, 0.25) is 5.02 Å². The van der Waals surface area contributed by atoms with E-state index in [9.17, 15) is 0 Å². The van der Waals surface area contributed by atoms with E-state index in [1.807, 2.05) is 12.1 Å². The lowest BCUT2D eigenvalue weighted by molar-refractivity contribution is 0.225. The molecule has 174 valence electrons. The molecule has 0 amide bonds. The monoisotopic (exact) mass is 463 g/mol. The molecule has 2 aromatic rings. The molecule has 3 heterocycles. The van der Waals surface area contributed by atoms with Gasteiger partial charge in [0.2, 0.25) is 0 Å². The van der Waals surface area contributed by atoms with E-state index in [1.165, 1.54) is 34.4 Å². The van der Waals surface area contributed by atoms with Gasteiger partial charge >= 0.3 is 0 Å². The third-order valence-electron chi connectivity index (χ3n) is 7.34. The number of hydrazine groups is 2. The van der Waals surface area contributed by atoms with Crippen LogP contribution < -0.4 is 16.3 Å². The van der Waals surface area contributed by atoms with E-state index in [0.29, 0.717) is 6.04 Å². The van der Waals surface area contributed by atoms with Crippen molar-refractivity contribution in [1.29, 1.82) is 0 Å². The molecule has 0 saturated heterocycles. The quantitative estimate of drug-likeness (QED) is 0.523. The summed E-state index contributed by atoms with van der Waals surface area (Å²) in [6, 6.07) is 15.9. The summed E-state index contributed by atoms with van der Waals surface area (Å²) >= 11 is 6.12. The average Bonchev–Trinajstić information content (AvgIpc) is 3.14. The summed E-state index contributed by atoms with van der Waals surface area (Å²) < 4.78 is 0. The number of hydrogen-bond donors (Lipinski definition) is 3. The van der Waals surface area contributed by atoms with Crippen molar-refractivity contribution in [2.75, 3.05) is 25.0 Å². The van der Waals surface area contributed by atoms with Gasteiger partial charge in [-0.15, -0.1) is 5.53 Å². The normalized spacial score (nSPS) is 21.6. The van der Waals surface area contributed by atoms with Crippen molar-refractivity contribution in [2.45, 2.75) is 52.1 Å². The fourth-order valence-corrected chi connectivity index (χ4v) is 5.29. The molecular formula is C27H34ClN5. The van der Waals surface area contributed by atoms with Gasteiger partial charge in [0.15, 0.2) is 0 Å². The summed E-state index contributed by atoms with van der Waals surface area (Å²) in [5.41, 5.74) is 15.6. The van der Waals surface area contributed by atoms with E-state index < -0.39 is 0 Å². The van der Waals surface area contributed by atoms with Crippen molar-refractivity contribution in [3.05, 3.63) is 76.0 Å². The number of nitrogens with zero attached hydrogens (tertiary/aromatic N) is 2. The van der Waals surface area contributed by atoms with Crippen LogP contribution in [0.1, 0.15) is 62.8 Å².